The molecule has 2 N–H and O–H groups in total. The number of aryl methyl sites for hydroxylation is 2. The molecule has 0 atom stereocenters. The second-order valence-corrected chi connectivity index (χ2v) is 11.7. The topological polar surface area (TPSA) is 112 Å². The molecular weight excluding hydrogens is 612 g/mol. The number of hydrazone groups is 1. The summed E-state index contributed by atoms with van der Waals surface area (Å²) in [6, 6.07) is 25.4. The molecule has 0 unspecified atom stereocenters. The van der Waals surface area contributed by atoms with Crippen molar-refractivity contribution in [1.82, 2.24) is 10.4 Å². The molecule has 0 bridgehead atoms. The van der Waals surface area contributed by atoms with E-state index >= 15 is 0 Å². The maximum atomic E-state index is 12.9. The number of phenols is 1. The van der Waals surface area contributed by atoms with E-state index in [0.717, 1.165) is 59.1 Å². The van der Waals surface area contributed by atoms with Crippen molar-refractivity contribution in [1.29, 1.82) is 5.26 Å². The van der Waals surface area contributed by atoms with E-state index in [0.29, 0.717) is 31.9 Å². The molecule has 7 nitrogen and oxygen atoms in total. The monoisotopic (exact) mass is 636 g/mol. The van der Waals surface area contributed by atoms with Gasteiger partial charge in [-0.05, 0) is 52.9 Å². The van der Waals surface area contributed by atoms with Crippen LogP contribution in [-0.2, 0) is 17.6 Å². The van der Waals surface area contributed by atoms with Crippen molar-refractivity contribution in [2.45, 2.75) is 30.7 Å². The summed E-state index contributed by atoms with van der Waals surface area (Å²) in [5.41, 5.74) is 8.51. The quantitative estimate of drug-likeness (QED) is 0.108. The molecule has 2 aromatic heterocycles. The molecule has 9 heteroatoms. The van der Waals surface area contributed by atoms with Crippen LogP contribution in [-0.4, -0.2) is 28.0 Å². The van der Waals surface area contributed by atoms with E-state index in [4.69, 9.17) is 9.40 Å². The Bertz CT molecular complexity index is 1860. The van der Waals surface area contributed by atoms with Crippen molar-refractivity contribution < 1.29 is 14.3 Å². The fraction of sp³-hybridized carbons (Fsp3) is 0.152. The zero-order valence-electron chi connectivity index (χ0n) is 22.4. The van der Waals surface area contributed by atoms with Gasteiger partial charge in [-0.25, -0.2) is 10.4 Å². The first-order chi connectivity index (χ1) is 20.5. The molecule has 1 aliphatic carbocycles. The Kier molecular flexibility index (Phi) is 8.08. The van der Waals surface area contributed by atoms with Crippen molar-refractivity contribution >= 4 is 50.8 Å². The molecule has 0 radical (unpaired) electrons. The zero-order valence-corrected chi connectivity index (χ0v) is 24.8. The number of carbonyl (C=O) groups excluding carboxylic acids is 1. The third-order valence-electron chi connectivity index (χ3n) is 7.18. The highest BCUT2D eigenvalue weighted by Gasteiger charge is 2.23. The van der Waals surface area contributed by atoms with Crippen LogP contribution in [0.1, 0.15) is 35.3 Å². The molecule has 0 fully saturated rings. The molecule has 2 heterocycles. The van der Waals surface area contributed by atoms with Crippen molar-refractivity contribution in [3.63, 3.8) is 0 Å². The number of nitrogens with zero attached hydrogens (tertiary/aromatic N) is 3. The molecule has 0 saturated carbocycles. The number of pyridine rings is 1. The molecule has 3 aromatic carbocycles. The minimum atomic E-state index is -0.367. The summed E-state index contributed by atoms with van der Waals surface area (Å²) in [7, 11) is 0. The zero-order chi connectivity index (χ0) is 29.1. The van der Waals surface area contributed by atoms with Crippen molar-refractivity contribution in [3.8, 4) is 34.2 Å². The smallest absolute Gasteiger partial charge is 0.250 e. The van der Waals surface area contributed by atoms with Crippen LogP contribution >= 0.6 is 27.7 Å². The molecule has 208 valence electrons. The van der Waals surface area contributed by atoms with Crippen LogP contribution in [0.5, 0.6) is 5.75 Å². The number of furan rings is 1. The van der Waals surface area contributed by atoms with Gasteiger partial charge in [0.2, 0.25) is 5.91 Å². The molecule has 42 heavy (non-hydrogen) atoms. The number of rotatable bonds is 7. The van der Waals surface area contributed by atoms with Crippen molar-refractivity contribution in [2.24, 2.45) is 5.10 Å². The van der Waals surface area contributed by atoms with Crippen LogP contribution in [0.15, 0.2) is 91.8 Å². The number of nitrogens with one attached hydrogen (secondary N) is 1. The molecule has 0 saturated heterocycles. The van der Waals surface area contributed by atoms with Gasteiger partial charge in [0, 0.05) is 34.1 Å². The number of amides is 1. The minimum Gasteiger partial charge on any atom is -0.506 e. The van der Waals surface area contributed by atoms with E-state index in [1.54, 1.807) is 6.07 Å². The van der Waals surface area contributed by atoms with Gasteiger partial charge < -0.3 is 9.52 Å². The summed E-state index contributed by atoms with van der Waals surface area (Å²) >= 11 is 4.58. The molecule has 6 rings (SSSR count). The lowest BCUT2D eigenvalue weighted by atomic mass is 9.94. The van der Waals surface area contributed by atoms with Gasteiger partial charge in [-0.2, -0.15) is 10.4 Å². The Balaban J connectivity index is 1.25. The summed E-state index contributed by atoms with van der Waals surface area (Å²) in [4.78, 5) is 17.6. The van der Waals surface area contributed by atoms with Gasteiger partial charge in [0.05, 0.1) is 27.7 Å². The van der Waals surface area contributed by atoms with Crippen LogP contribution in [0.2, 0.25) is 0 Å². The van der Waals surface area contributed by atoms with E-state index in [1.807, 2.05) is 66.7 Å². The first-order valence-electron chi connectivity index (χ1n) is 13.5. The molecule has 1 aliphatic rings. The Morgan fingerprint density at radius 3 is 2.55 bits per heavy atom. The SMILES string of the molecule is N#Cc1c(-c2ccccc2)cc(-c2ccccc2)nc1SCC(=O)NN=Cc1c(O)c(Br)cc2oc3c(c12)CCCC3. The predicted molar refractivity (Wildman–Crippen MR) is 169 cm³/mol. The summed E-state index contributed by atoms with van der Waals surface area (Å²) in [5.74, 6) is 0.607. The number of hydrogen-bond acceptors (Lipinski definition) is 7. The average molecular weight is 638 g/mol. The normalized spacial score (nSPS) is 12.8. The lowest BCUT2D eigenvalue weighted by Gasteiger charge is -2.12. The molecule has 0 aliphatic heterocycles. The van der Waals surface area contributed by atoms with Gasteiger partial charge in [0.1, 0.15) is 28.2 Å². The Labute approximate surface area is 255 Å². The summed E-state index contributed by atoms with van der Waals surface area (Å²) in [6.45, 7) is 0. The third kappa shape index (κ3) is 5.56. The van der Waals surface area contributed by atoms with E-state index < -0.39 is 0 Å². The number of benzene rings is 3. The molecule has 1 amide bonds. The van der Waals surface area contributed by atoms with Gasteiger partial charge in [-0.3, -0.25) is 4.79 Å². The van der Waals surface area contributed by atoms with Gasteiger partial charge >= 0.3 is 0 Å². The standard InChI is InChI=1S/C33H25BrN4O3S/c34-26-16-29-31(22-13-7-8-14-28(22)41-29)25(32(26)40)18-36-38-30(39)19-42-33-24(17-35)23(20-9-3-1-4-10-20)15-27(37-33)21-11-5-2-6-12-21/h1-6,9-12,15-16,18,40H,7-8,13-14,19H2,(H,38,39). The number of aromatic nitrogens is 1. The van der Waals surface area contributed by atoms with Crippen LogP contribution in [0, 0.1) is 11.3 Å². The van der Waals surface area contributed by atoms with Crippen LogP contribution < -0.4 is 5.43 Å². The first kappa shape index (κ1) is 27.8. The van der Waals surface area contributed by atoms with Crippen LogP contribution in [0.25, 0.3) is 33.4 Å². The fourth-order valence-corrected chi connectivity index (χ4v) is 6.43. The number of nitriles is 1. The van der Waals surface area contributed by atoms with E-state index in [1.165, 1.54) is 18.0 Å². The fourth-order valence-electron chi connectivity index (χ4n) is 5.21. The summed E-state index contributed by atoms with van der Waals surface area (Å²) in [6.07, 6.45) is 5.31. The first-order valence-corrected chi connectivity index (χ1v) is 15.3. The van der Waals surface area contributed by atoms with Gasteiger partial charge in [0.25, 0.3) is 0 Å². The predicted octanol–water partition coefficient (Wildman–Crippen LogP) is 7.62. The van der Waals surface area contributed by atoms with Crippen LogP contribution in [0.3, 0.4) is 0 Å². The molecule has 0 spiro atoms. The highest BCUT2D eigenvalue weighted by atomic mass is 79.9. The number of hydrogen-bond donors (Lipinski definition) is 2. The number of aromatic hydroxyl groups is 1. The van der Waals surface area contributed by atoms with Gasteiger partial charge in [-0.15, -0.1) is 0 Å². The van der Waals surface area contributed by atoms with Crippen molar-refractivity contribution in [2.75, 3.05) is 5.75 Å². The number of thioether (sulfide) groups is 1. The Morgan fingerprint density at radius 2 is 1.81 bits per heavy atom. The molecular formula is C33H25BrN4O3S. The highest BCUT2D eigenvalue weighted by molar-refractivity contribution is 9.10. The van der Waals surface area contributed by atoms with Crippen LogP contribution in [0.4, 0.5) is 0 Å². The number of carbonyl (C=O) groups is 1. The maximum Gasteiger partial charge on any atom is 0.250 e. The lowest BCUT2D eigenvalue weighted by molar-refractivity contribution is -0.118. The highest BCUT2D eigenvalue weighted by Crippen LogP contribution is 2.40. The second-order valence-electron chi connectivity index (χ2n) is 9.87. The average Bonchev–Trinajstić information content (AvgIpc) is 3.40. The number of halogens is 1. The maximum absolute atomic E-state index is 12.9. The summed E-state index contributed by atoms with van der Waals surface area (Å²) in [5, 5.41) is 26.3. The van der Waals surface area contributed by atoms with E-state index in [9.17, 15) is 15.2 Å². The van der Waals surface area contributed by atoms with E-state index in [2.05, 4.69) is 32.5 Å². The Hall–Kier alpha value is -4.39. The van der Waals surface area contributed by atoms with Gasteiger partial charge in [-0.1, -0.05) is 72.4 Å². The summed E-state index contributed by atoms with van der Waals surface area (Å²) < 4.78 is 6.55. The largest absolute Gasteiger partial charge is 0.506 e. The van der Waals surface area contributed by atoms with E-state index in [-0.39, 0.29) is 17.4 Å². The lowest BCUT2D eigenvalue weighted by Crippen LogP contribution is -2.20. The number of fused-ring (bicyclic) bond motifs is 3. The van der Waals surface area contributed by atoms with Crippen molar-refractivity contribution in [3.05, 3.63) is 99.7 Å². The van der Waals surface area contributed by atoms with Gasteiger partial charge in [0.15, 0.2) is 0 Å². The third-order valence-corrected chi connectivity index (χ3v) is 8.76. The second kappa shape index (κ2) is 12.2. The number of phenolic OH excluding ortho intramolecular Hbond substituents is 1. The minimum absolute atomic E-state index is 0.00746. The molecule has 5 aromatic rings. The Morgan fingerprint density at radius 1 is 1.10 bits per heavy atom.